The number of rotatable bonds is 1. The summed E-state index contributed by atoms with van der Waals surface area (Å²) in [4.78, 5) is 0. The summed E-state index contributed by atoms with van der Waals surface area (Å²) < 4.78 is 0. The van der Waals surface area contributed by atoms with Gasteiger partial charge in [0.15, 0.2) is 0 Å². The first-order valence-electron chi connectivity index (χ1n) is 1.32. The molecule has 42 valence electrons. The first kappa shape index (κ1) is 24.9. The van der Waals surface area contributed by atoms with E-state index in [2.05, 4.69) is 6.92 Å². The van der Waals surface area contributed by atoms with E-state index in [1.165, 1.54) is 0 Å². The molecule has 4 heteroatoms. The molecule has 2 nitrogen and oxygen atoms in total. The van der Waals surface area contributed by atoms with Gasteiger partial charge in [0.1, 0.15) is 0 Å². The van der Waals surface area contributed by atoms with Gasteiger partial charge in [-0.2, -0.15) is 6.42 Å². The molecule has 0 radical (unpaired) electrons. The third kappa shape index (κ3) is 47.5. The van der Waals surface area contributed by atoms with Gasteiger partial charge in [-0.3, -0.25) is 0 Å². The molecule has 1 N–H and O–H groups in total. The zero-order chi connectivity index (χ0) is 3.41. The Labute approximate surface area is 62.8 Å². The third-order valence-corrected chi connectivity index (χ3v) is 0.158. The van der Waals surface area contributed by atoms with E-state index in [1.807, 2.05) is 0 Å². The van der Waals surface area contributed by atoms with Crippen molar-refractivity contribution in [1.82, 2.24) is 0 Å². The van der Waals surface area contributed by atoms with Crippen LogP contribution < -0.4 is 12.4 Å². The number of aliphatic hydroxyl groups excluding tert-OH is 1. The molecule has 0 amide bonds. The van der Waals surface area contributed by atoms with Gasteiger partial charge in [0.25, 0.3) is 0 Å². The second-order valence-electron chi connectivity index (χ2n) is 0.577. The molecule has 0 aliphatic rings. The maximum atomic E-state index is 7.81. The smallest absolute Gasteiger partial charge is 2.00 e. The summed E-state index contributed by atoms with van der Waals surface area (Å²) in [5.41, 5.74) is 0. The average Bonchev–Trinajstić information content (AvgIpc) is 1.37. The Morgan fingerprint density at radius 2 is 1.57 bits per heavy atom. The minimum absolute atomic E-state index is 0. The van der Waals surface area contributed by atoms with Crippen molar-refractivity contribution in [2.45, 2.75) is 6.42 Å². The topological polar surface area (TPSA) is 48.7 Å². The van der Waals surface area contributed by atoms with Crippen LogP contribution in [0, 0.1) is 6.92 Å². The van der Waals surface area contributed by atoms with Crippen LogP contribution >= 0.6 is 0 Å². The number of halogens is 1. The first-order valence-corrected chi connectivity index (χ1v) is 1.32. The molecule has 0 fully saturated rings. The molecule has 0 aromatic carbocycles. The Morgan fingerprint density at radius 1 is 1.43 bits per heavy atom. The normalized spacial score (nSPS) is 4.29. The number of hydrogen-bond acceptors (Lipinski definition) is 1. The van der Waals surface area contributed by atoms with E-state index in [0.717, 1.165) is 0 Å². The van der Waals surface area contributed by atoms with Crippen LogP contribution in [0.5, 0.6) is 0 Å². The van der Waals surface area contributed by atoms with E-state index >= 15 is 0 Å². The van der Waals surface area contributed by atoms with Crippen molar-refractivity contribution >= 4 is 0 Å². The molecule has 0 spiro atoms. The molecule has 0 aliphatic heterocycles. The summed E-state index contributed by atoms with van der Waals surface area (Å²) in [5.74, 6) is 0. The molecular formula is C3H7ClO2Zn-2. The summed E-state index contributed by atoms with van der Waals surface area (Å²) in [5, 5.41) is 7.81. The monoisotopic (exact) mass is 174 g/mol. The Hall–Kier alpha value is 0.833. The minimum atomic E-state index is 0. The Morgan fingerprint density at radius 3 is 1.57 bits per heavy atom. The van der Waals surface area contributed by atoms with Crippen LogP contribution in [-0.2, 0) is 25.0 Å². The fraction of sp³-hybridized carbons (Fsp3) is 0.667. The van der Waals surface area contributed by atoms with Gasteiger partial charge < -0.3 is 29.9 Å². The molecule has 0 atom stereocenters. The maximum Gasteiger partial charge on any atom is 2.00 e. The van der Waals surface area contributed by atoms with Crippen molar-refractivity contribution in [2.24, 2.45) is 0 Å². The van der Waals surface area contributed by atoms with Crippen LogP contribution in [0.1, 0.15) is 6.42 Å². The van der Waals surface area contributed by atoms with Crippen molar-refractivity contribution in [3.8, 4) is 0 Å². The fourth-order valence-corrected chi connectivity index (χ4v) is 0. The maximum absolute atomic E-state index is 7.81. The molecule has 7 heavy (non-hydrogen) atoms. The number of aliphatic hydroxyl groups is 1. The van der Waals surface area contributed by atoms with Crippen LogP contribution in [0.15, 0.2) is 0 Å². The molecule has 0 aromatic heterocycles. The Balaban J connectivity index is -0.0000000150. The Kier molecular flexibility index (Phi) is 103. The fourth-order valence-electron chi connectivity index (χ4n) is 0. The van der Waals surface area contributed by atoms with Gasteiger partial charge in [-0.05, 0) is 0 Å². The van der Waals surface area contributed by atoms with Gasteiger partial charge >= 0.3 is 19.5 Å². The van der Waals surface area contributed by atoms with Crippen LogP contribution in [0.2, 0.25) is 0 Å². The molecule has 0 aliphatic carbocycles. The molecular weight excluding hydrogens is 169 g/mol. The van der Waals surface area contributed by atoms with Crippen molar-refractivity contribution in [3.63, 3.8) is 0 Å². The van der Waals surface area contributed by atoms with E-state index in [4.69, 9.17) is 5.11 Å². The molecule has 0 bridgehead atoms. The summed E-state index contributed by atoms with van der Waals surface area (Å²) in [6.07, 6.45) is 0.625. The second-order valence-corrected chi connectivity index (χ2v) is 0.577. The van der Waals surface area contributed by atoms with Gasteiger partial charge in [0.05, 0.1) is 0 Å². The summed E-state index contributed by atoms with van der Waals surface area (Å²) >= 11 is 0. The second kappa shape index (κ2) is 29.0. The van der Waals surface area contributed by atoms with E-state index < -0.39 is 0 Å². The molecule has 0 saturated carbocycles. The van der Waals surface area contributed by atoms with Crippen molar-refractivity contribution in [1.29, 1.82) is 0 Å². The summed E-state index contributed by atoms with van der Waals surface area (Å²) in [7, 11) is 0. The minimum Gasteiger partial charge on any atom is -2.00 e. The molecule has 0 saturated heterocycles. The summed E-state index contributed by atoms with van der Waals surface area (Å²) in [6, 6.07) is 0. The molecule has 0 unspecified atom stereocenters. The van der Waals surface area contributed by atoms with Crippen LogP contribution in [0.4, 0.5) is 0 Å². The third-order valence-electron chi connectivity index (χ3n) is 0.158. The van der Waals surface area contributed by atoms with Crippen molar-refractivity contribution < 1.29 is 42.5 Å². The predicted molar refractivity (Wildman–Crippen MR) is 17.7 cm³/mol. The van der Waals surface area contributed by atoms with Gasteiger partial charge in [0, 0.05) is 6.61 Å². The van der Waals surface area contributed by atoms with Gasteiger partial charge in [-0.25, -0.2) is 0 Å². The Bertz CT molecular complexity index is 14.9. The van der Waals surface area contributed by atoms with Crippen molar-refractivity contribution in [2.75, 3.05) is 6.61 Å². The standard InChI is InChI=1S/C3H7O.ClH.O.Zn/c1-2-3-4;;;/h4H,1-3H2;1H;;/q-1;;-2;+2/p-1. The van der Waals surface area contributed by atoms with E-state index in [0.29, 0.717) is 6.42 Å². The predicted octanol–water partition coefficient (Wildman–Crippen LogP) is -2.91. The largest absolute Gasteiger partial charge is 2.00 e. The van der Waals surface area contributed by atoms with Gasteiger partial charge in [-0.15, -0.1) is 0 Å². The van der Waals surface area contributed by atoms with Gasteiger partial charge in [0.2, 0.25) is 0 Å². The van der Waals surface area contributed by atoms with E-state index in [-0.39, 0.29) is 44.0 Å². The zero-order valence-corrected chi connectivity index (χ0v) is 7.78. The van der Waals surface area contributed by atoms with E-state index in [1.54, 1.807) is 0 Å². The van der Waals surface area contributed by atoms with Crippen LogP contribution in [-0.4, -0.2) is 11.7 Å². The van der Waals surface area contributed by atoms with E-state index in [9.17, 15) is 0 Å². The van der Waals surface area contributed by atoms with Crippen LogP contribution in [0.3, 0.4) is 0 Å². The first-order chi connectivity index (χ1) is 1.91. The summed E-state index contributed by atoms with van der Waals surface area (Å²) in [6.45, 7) is 3.56. The van der Waals surface area contributed by atoms with Gasteiger partial charge in [-0.1, -0.05) is 0 Å². The van der Waals surface area contributed by atoms with Crippen LogP contribution in [0.25, 0.3) is 0 Å². The molecule has 0 rings (SSSR count). The molecule has 0 heterocycles. The zero-order valence-electron chi connectivity index (χ0n) is 4.06. The molecule has 0 aromatic rings. The number of hydrogen-bond donors (Lipinski definition) is 1. The quantitative estimate of drug-likeness (QED) is 0.337. The van der Waals surface area contributed by atoms with Crippen molar-refractivity contribution in [3.05, 3.63) is 6.92 Å². The SMILES string of the molecule is [CH2-]CCO.[Cl-].[O-2].[Zn+2]. The average molecular weight is 176 g/mol.